The number of aryl methyl sites for hydroxylation is 1. The van der Waals surface area contributed by atoms with Crippen LogP contribution in [0.1, 0.15) is 25.3 Å². The van der Waals surface area contributed by atoms with Gasteiger partial charge in [-0.05, 0) is 31.0 Å². The molecule has 0 bridgehead atoms. The fourth-order valence-electron chi connectivity index (χ4n) is 2.27. The van der Waals surface area contributed by atoms with Crippen molar-refractivity contribution in [3.63, 3.8) is 0 Å². The van der Waals surface area contributed by atoms with E-state index in [4.69, 9.17) is 4.74 Å². The van der Waals surface area contributed by atoms with Crippen molar-refractivity contribution in [1.82, 2.24) is 4.31 Å². The zero-order valence-electron chi connectivity index (χ0n) is 13.0. The van der Waals surface area contributed by atoms with Gasteiger partial charge in [0.25, 0.3) is 0 Å². The lowest BCUT2D eigenvalue weighted by Gasteiger charge is -2.26. The van der Waals surface area contributed by atoms with Crippen molar-refractivity contribution in [3.05, 3.63) is 23.8 Å². The van der Waals surface area contributed by atoms with E-state index in [2.05, 4.69) is 5.32 Å². The number of benzene rings is 1. The molecule has 0 saturated carbocycles. The quantitative estimate of drug-likeness (QED) is 0.894. The van der Waals surface area contributed by atoms with E-state index in [1.807, 2.05) is 13.8 Å². The molecule has 0 spiro atoms. The number of hydrogen-bond donors (Lipinski definition) is 1. The van der Waals surface area contributed by atoms with Gasteiger partial charge in [0, 0.05) is 25.2 Å². The summed E-state index contributed by atoms with van der Waals surface area (Å²) in [6.07, 6.45) is 1.16. The first-order valence-corrected chi connectivity index (χ1v) is 8.87. The van der Waals surface area contributed by atoms with Gasteiger partial charge in [-0.25, -0.2) is 8.42 Å². The van der Waals surface area contributed by atoms with Crippen LogP contribution >= 0.6 is 0 Å². The Hall–Kier alpha value is -1.44. The Labute approximate surface area is 131 Å². The predicted molar refractivity (Wildman–Crippen MR) is 84.3 cm³/mol. The molecular formula is C15H22N2O4S. The summed E-state index contributed by atoms with van der Waals surface area (Å²) in [5.74, 6) is -0.105. The molecule has 22 heavy (non-hydrogen) atoms. The van der Waals surface area contributed by atoms with Crippen LogP contribution in [0.5, 0.6) is 0 Å². The molecule has 1 amide bonds. The first kappa shape index (κ1) is 16.9. The average molecular weight is 326 g/mol. The molecule has 0 aliphatic carbocycles. The van der Waals surface area contributed by atoms with Gasteiger partial charge in [0.15, 0.2) is 0 Å². The number of sulfonamides is 1. The summed E-state index contributed by atoms with van der Waals surface area (Å²) in [5.41, 5.74) is 1.39. The van der Waals surface area contributed by atoms with E-state index in [1.54, 1.807) is 12.1 Å². The van der Waals surface area contributed by atoms with Crippen molar-refractivity contribution in [2.45, 2.75) is 31.6 Å². The van der Waals surface area contributed by atoms with Gasteiger partial charge in [-0.15, -0.1) is 0 Å². The van der Waals surface area contributed by atoms with Gasteiger partial charge in [-0.3, -0.25) is 4.79 Å². The highest BCUT2D eigenvalue weighted by atomic mass is 32.2. The van der Waals surface area contributed by atoms with Crippen molar-refractivity contribution < 1.29 is 17.9 Å². The highest BCUT2D eigenvalue weighted by Gasteiger charge is 2.26. The molecule has 1 N–H and O–H groups in total. The molecule has 0 aromatic heterocycles. The number of hydrogen-bond acceptors (Lipinski definition) is 4. The minimum absolute atomic E-state index is 0.105. The number of amides is 1. The Bertz CT molecular complexity index is 637. The molecule has 1 aliphatic rings. The standard InChI is InChI=1S/C15H22N2O4S/c1-3-4-15(18)16-14-11-13(6-5-12(14)2)22(19,20)17-7-9-21-10-8-17/h5-6,11H,3-4,7-10H2,1-2H3,(H,16,18). The van der Waals surface area contributed by atoms with E-state index in [-0.39, 0.29) is 10.8 Å². The molecule has 1 aromatic rings. The van der Waals surface area contributed by atoms with Gasteiger partial charge in [-0.2, -0.15) is 4.31 Å². The van der Waals surface area contributed by atoms with Crippen LogP contribution in [0.2, 0.25) is 0 Å². The largest absolute Gasteiger partial charge is 0.379 e. The molecule has 0 unspecified atom stereocenters. The van der Waals surface area contributed by atoms with Crippen LogP contribution in [0.3, 0.4) is 0 Å². The first-order chi connectivity index (χ1) is 10.4. The maximum Gasteiger partial charge on any atom is 0.243 e. The summed E-state index contributed by atoms with van der Waals surface area (Å²) in [4.78, 5) is 11.9. The zero-order chi connectivity index (χ0) is 16.2. The number of morpholine rings is 1. The number of rotatable bonds is 5. The molecule has 6 nitrogen and oxygen atoms in total. The third-order valence-corrected chi connectivity index (χ3v) is 5.46. The highest BCUT2D eigenvalue weighted by Crippen LogP contribution is 2.23. The van der Waals surface area contributed by atoms with Crippen molar-refractivity contribution in [2.75, 3.05) is 31.6 Å². The molecule has 122 valence electrons. The van der Waals surface area contributed by atoms with Crippen LogP contribution in [-0.2, 0) is 19.6 Å². The number of nitrogens with zero attached hydrogens (tertiary/aromatic N) is 1. The molecule has 0 atom stereocenters. The van der Waals surface area contributed by atoms with E-state index in [9.17, 15) is 13.2 Å². The van der Waals surface area contributed by atoms with Crippen molar-refractivity contribution >= 4 is 21.6 Å². The van der Waals surface area contributed by atoms with E-state index < -0.39 is 10.0 Å². The Balaban J connectivity index is 2.26. The molecule has 7 heteroatoms. The van der Waals surface area contributed by atoms with E-state index >= 15 is 0 Å². The van der Waals surface area contributed by atoms with Crippen LogP contribution in [0.15, 0.2) is 23.1 Å². The van der Waals surface area contributed by atoms with Gasteiger partial charge >= 0.3 is 0 Å². The van der Waals surface area contributed by atoms with Crippen molar-refractivity contribution in [3.8, 4) is 0 Å². The Kier molecular flexibility index (Phi) is 5.55. The molecule has 1 fully saturated rings. The summed E-state index contributed by atoms with van der Waals surface area (Å²) in [6.45, 7) is 5.29. The van der Waals surface area contributed by atoms with E-state index in [1.165, 1.54) is 10.4 Å². The molecular weight excluding hydrogens is 304 g/mol. The Morgan fingerprint density at radius 1 is 1.32 bits per heavy atom. The second kappa shape index (κ2) is 7.21. The van der Waals surface area contributed by atoms with Crippen molar-refractivity contribution in [2.24, 2.45) is 0 Å². The lowest BCUT2D eigenvalue weighted by atomic mass is 10.2. The first-order valence-electron chi connectivity index (χ1n) is 7.43. The topological polar surface area (TPSA) is 75.7 Å². The Morgan fingerprint density at radius 2 is 2.00 bits per heavy atom. The summed E-state index contributed by atoms with van der Waals surface area (Å²) in [6, 6.07) is 4.83. The summed E-state index contributed by atoms with van der Waals surface area (Å²) >= 11 is 0. The SMILES string of the molecule is CCCC(=O)Nc1cc(S(=O)(=O)N2CCOCC2)ccc1C. The maximum absolute atomic E-state index is 12.6. The second-order valence-electron chi connectivity index (χ2n) is 5.29. The van der Waals surface area contributed by atoms with Gasteiger partial charge in [0.05, 0.1) is 18.1 Å². The van der Waals surface area contributed by atoms with Gasteiger partial charge in [0.1, 0.15) is 0 Å². The third-order valence-electron chi connectivity index (χ3n) is 3.57. The zero-order valence-corrected chi connectivity index (χ0v) is 13.8. The Morgan fingerprint density at radius 3 is 2.64 bits per heavy atom. The lowest BCUT2D eigenvalue weighted by Crippen LogP contribution is -2.40. The fourth-order valence-corrected chi connectivity index (χ4v) is 3.71. The van der Waals surface area contributed by atoms with Crippen LogP contribution in [0.25, 0.3) is 0 Å². The number of anilines is 1. The molecule has 2 rings (SSSR count). The molecule has 1 aliphatic heterocycles. The smallest absolute Gasteiger partial charge is 0.243 e. The van der Waals surface area contributed by atoms with Gasteiger partial charge in [-0.1, -0.05) is 13.0 Å². The maximum atomic E-state index is 12.6. The normalized spacial score (nSPS) is 16.5. The predicted octanol–water partition coefficient (Wildman–Crippen LogP) is 1.75. The number of carbonyl (C=O) groups excluding carboxylic acids is 1. The minimum atomic E-state index is -3.55. The summed E-state index contributed by atoms with van der Waals surface area (Å²) in [7, 11) is -3.55. The second-order valence-corrected chi connectivity index (χ2v) is 7.23. The van der Waals surface area contributed by atoms with Crippen LogP contribution < -0.4 is 5.32 Å². The number of carbonyl (C=O) groups is 1. The number of ether oxygens (including phenoxy) is 1. The highest BCUT2D eigenvalue weighted by molar-refractivity contribution is 7.89. The summed E-state index contributed by atoms with van der Waals surface area (Å²) in [5, 5.41) is 2.78. The lowest BCUT2D eigenvalue weighted by molar-refractivity contribution is -0.116. The van der Waals surface area contributed by atoms with E-state index in [0.717, 1.165) is 12.0 Å². The van der Waals surface area contributed by atoms with Crippen molar-refractivity contribution in [1.29, 1.82) is 0 Å². The monoisotopic (exact) mass is 326 g/mol. The molecule has 1 saturated heterocycles. The number of nitrogens with one attached hydrogen (secondary N) is 1. The average Bonchev–Trinajstić information content (AvgIpc) is 2.50. The minimum Gasteiger partial charge on any atom is -0.379 e. The molecule has 1 heterocycles. The van der Waals surface area contributed by atoms with E-state index in [0.29, 0.717) is 38.4 Å². The van der Waals surface area contributed by atoms with Crippen LogP contribution in [-0.4, -0.2) is 44.9 Å². The van der Waals surface area contributed by atoms with Crippen LogP contribution in [0, 0.1) is 6.92 Å². The van der Waals surface area contributed by atoms with Gasteiger partial charge in [0.2, 0.25) is 15.9 Å². The van der Waals surface area contributed by atoms with Gasteiger partial charge < -0.3 is 10.1 Å². The fraction of sp³-hybridized carbons (Fsp3) is 0.533. The third kappa shape index (κ3) is 3.85. The molecule has 0 radical (unpaired) electrons. The summed E-state index contributed by atoms with van der Waals surface area (Å²) < 4.78 is 31.8. The molecule has 1 aromatic carbocycles. The van der Waals surface area contributed by atoms with Crippen LogP contribution in [0.4, 0.5) is 5.69 Å².